The number of aryl methyl sites for hydroxylation is 1. The van der Waals surface area contributed by atoms with Gasteiger partial charge in [0.15, 0.2) is 0 Å². The molecule has 5 aromatic rings. The molecule has 2 aromatic heterocycles. The third kappa shape index (κ3) is 3.87. The minimum absolute atomic E-state index is 0.0508. The fourth-order valence-electron chi connectivity index (χ4n) is 3.78. The molecule has 0 saturated carbocycles. The van der Waals surface area contributed by atoms with Gasteiger partial charge in [0.1, 0.15) is 11.3 Å². The predicted molar refractivity (Wildman–Crippen MR) is 124 cm³/mol. The van der Waals surface area contributed by atoms with Crippen LogP contribution in [0.1, 0.15) is 11.1 Å². The fraction of sp³-hybridized carbons (Fsp3) is 0.125. The largest absolute Gasteiger partial charge is 0.416 e. The topological polar surface area (TPSA) is 66.5 Å². The molecule has 0 aliphatic rings. The van der Waals surface area contributed by atoms with Crippen LogP contribution in [0.4, 0.5) is 19.1 Å². The number of alkyl halides is 3. The normalized spacial score (nSPS) is 11.9. The summed E-state index contributed by atoms with van der Waals surface area (Å²) in [6, 6.07) is 13.6. The van der Waals surface area contributed by atoms with Gasteiger partial charge in [0.2, 0.25) is 5.95 Å². The van der Waals surface area contributed by atoms with Crippen molar-refractivity contribution in [2.24, 2.45) is 0 Å². The third-order valence-electron chi connectivity index (χ3n) is 5.49. The van der Waals surface area contributed by atoms with Crippen molar-refractivity contribution in [1.29, 1.82) is 0 Å². The molecule has 2 heterocycles. The van der Waals surface area contributed by atoms with Crippen molar-refractivity contribution in [2.45, 2.75) is 13.1 Å². The number of anilines is 1. The van der Waals surface area contributed by atoms with E-state index in [4.69, 9.17) is 11.6 Å². The molecule has 0 amide bonds. The van der Waals surface area contributed by atoms with E-state index in [1.54, 1.807) is 13.2 Å². The molecule has 0 bridgehead atoms. The van der Waals surface area contributed by atoms with E-state index in [2.05, 4.69) is 25.3 Å². The van der Waals surface area contributed by atoms with Crippen LogP contribution in [0.25, 0.3) is 44.5 Å². The highest BCUT2D eigenvalue weighted by Crippen LogP contribution is 2.36. The Labute approximate surface area is 191 Å². The molecule has 33 heavy (non-hydrogen) atoms. The van der Waals surface area contributed by atoms with E-state index in [1.165, 1.54) is 0 Å². The van der Waals surface area contributed by atoms with Crippen LogP contribution in [-0.4, -0.2) is 27.0 Å². The maximum Gasteiger partial charge on any atom is 0.416 e. The SMILES string of the molecule is CNc1ncc2cc(-c3cc(-c4nc5c(Cl)cc(C(F)(F)F)cc5[nH]4)ccc3C)ccc2n1. The van der Waals surface area contributed by atoms with Gasteiger partial charge < -0.3 is 10.3 Å². The number of aromatic nitrogens is 4. The minimum Gasteiger partial charge on any atom is -0.357 e. The summed E-state index contributed by atoms with van der Waals surface area (Å²) in [4.78, 5) is 16.2. The Balaban J connectivity index is 1.60. The number of fused-ring (bicyclic) bond motifs is 2. The zero-order valence-corrected chi connectivity index (χ0v) is 18.3. The molecule has 5 rings (SSSR count). The average molecular weight is 468 g/mol. The standard InChI is InChI=1S/C24H17ClF3N5/c1-12-3-4-14(22-31-20-10-16(24(26,27)28)9-18(25)21(20)33-22)8-17(12)13-5-6-19-15(7-13)11-30-23(29-2)32-19/h3-11H,1-2H3,(H,31,33)(H,29,30,32). The highest BCUT2D eigenvalue weighted by Gasteiger charge is 2.31. The van der Waals surface area contributed by atoms with Crippen LogP contribution in [-0.2, 0) is 6.18 Å². The van der Waals surface area contributed by atoms with E-state index in [0.717, 1.165) is 45.3 Å². The van der Waals surface area contributed by atoms with Crippen LogP contribution in [0.3, 0.4) is 0 Å². The van der Waals surface area contributed by atoms with E-state index in [-0.39, 0.29) is 10.5 Å². The number of benzene rings is 3. The van der Waals surface area contributed by atoms with Gasteiger partial charge in [0.05, 0.1) is 21.6 Å². The Kier molecular flexibility index (Phi) is 4.97. The zero-order valence-electron chi connectivity index (χ0n) is 17.5. The summed E-state index contributed by atoms with van der Waals surface area (Å²) in [7, 11) is 1.76. The van der Waals surface area contributed by atoms with Gasteiger partial charge in [-0.3, -0.25) is 0 Å². The van der Waals surface area contributed by atoms with E-state index in [1.807, 2.05) is 43.3 Å². The Morgan fingerprint density at radius 1 is 0.970 bits per heavy atom. The lowest BCUT2D eigenvalue weighted by atomic mass is 9.97. The minimum atomic E-state index is -4.49. The fourth-order valence-corrected chi connectivity index (χ4v) is 4.04. The molecule has 0 fully saturated rings. The Hall–Kier alpha value is -3.65. The number of aromatic amines is 1. The smallest absolute Gasteiger partial charge is 0.357 e. The molecule has 0 atom stereocenters. The van der Waals surface area contributed by atoms with Crippen molar-refractivity contribution >= 4 is 39.5 Å². The Morgan fingerprint density at radius 3 is 2.52 bits per heavy atom. The maximum absolute atomic E-state index is 13.2. The van der Waals surface area contributed by atoms with Crippen LogP contribution in [0.15, 0.2) is 54.7 Å². The first-order valence-electron chi connectivity index (χ1n) is 10.1. The summed E-state index contributed by atoms with van der Waals surface area (Å²) in [5, 5.41) is 3.77. The lowest BCUT2D eigenvalue weighted by Gasteiger charge is -2.10. The molecule has 0 unspecified atom stereocenters. The van der Waals surface area contributed by atoms with Crippen molar-refractivity contribution in [3.05, 3.63) is 70.9 Å². The number of nitrogens with one attached hydrogen (secondary N) is 2. The first-order chi connectivity index (χ1) is 15.7. The van der Waals surface area contributed by atoms with Crippen LogP contribution in [0, 0.1) is 6.92 Å². The second kappa shape index (κ2) is 7.74. The number of hydrogen-bond acceptors (Lipinski definition) is 4. The van der Waals surface area contributed by atoms with Gasteiger partial charge in [-0.25, -0.2) is 15.0 Å². The first-order valence-corrected chi connectivity index (χ1v) is 10.4. The molecular formula is C24H17ClF3N5. The maximum atomic E-state index is 13.2. The summed E-state index contributed by atoms with van der Waals surface area (Å²) in [5.74, 6) is 0.987. The van der Waals surface area contributed by atoms with E-state index in [0.29, 0.717) is 17.3 Å². The lowest BCUT2D eigenvalue weighted by molar-refractivity contribution is -0.137. The summed E-state index contributed by atoms with van der Waals surface area (Å²) in [5.41, 5.74) is 4.24. The second-order valence-electron chi connectivity index (χ2n) is 7.68. The predicted octanol–water partition coefficient (Wildman–Crippen LogP) is 6.86. The summed E-state index contributed by atoms with van der Waals surface area (Å²) >= 11 is 6.10. The Bertz CT molecular complexity index is 1520. The molecule has 5 nitrogen and oxygen atoms in total. The van der Waals surface area contributed by atoms with Gasteiger partial charge in [-0.2, -0.15) is 13.2 Å². The zero-order chi connectivity index (χ0) is 23.3. The highest BCUT2D eigenvalue weighted by molar-refractivity contribution is 6.35. The van der Waals surface area contributed by atoms with Crippen molar-refractivity contribution < 1.29 is 13.2 Å². The number of hydrogen-bond donors (Lipinski definition) is 2. The van der Waals surface area contributed by atoms with Crippen LogP contribution in [0.2, 0.25) is 5.02 Å². The van der Waals surface area contributed by atoms with Crippen molar-refractivity contribution in [2.75, 3.05) is 12.4 Å². The van der Waals surface area contributed by atoms with E-state index in [9.17, 15) is 13.2 Å². The quantitative estimate of drug-likeness (QED) is 0.304. The van der Waals surface area contributed by atoms with Gasteiger partial charge >= 0.3 is 6.18 Å². The second-order valence-corrected chi connectivity index (χ2v) is 8.09. The number of rotatable bonds is 3. The van der Waals surface area contributed by atoms with Crippen LogP contribution in [0.5, 0.6) is 0 Å². The molecule has 0 spiro atoms. The molecule has 0 aliphatic carbocycles. The van der Waals surface area contributed by atoms with E-state index < -0.39 is 11.7 Å². The number of halogens is 4. The highest BCUT2D eigenvalue weighted by atomic mass is 35.5. The van der Waals surface area contributed by atoms with Gasteiger partial charge in [-0.1, -0.05) is 29.8 Å². The van der Waals surface area contributed by atoms with Crippen molar-refractivity contribution in [3.8, 4) is 22.5 Å². The molecule has 0 saturated heterocycles. The van der Waals surface area contributed by atoms with Crippen molar-refractivity contribution in [3.63, 3.8) is 0 Å². The van der Waals surface area contributed by atoms with Crippen molar-refractivity contribution in [1.82, 2.24) is 19.9 Å². The Morgan fingerprint density at radius 2 is 1.76 bits per heavy atom. The average Bonchev–Trinajstić information content (AvgIpc) is 3.23. The van der Waals surface area contributed by atoms with Gasteiger partial charge in [0, 0.05) is 24.2 Å². The molecule has 9 heteroatoms. The number of imidazole rings is 1. The summed E-state index contributed by atoms with van der Waals surface area (Å²) in [6.07, 6.45) is -2.73. The van der Waals surface area contributed by atoms with Gasteiger partial charge in [0.25, 0.3) is 0 Å². The van der Waals surface area contributed by atoms with E-state index >= 15 is 0 Å². The lowest BCUT2D eigenvalue weighted by Crippen LogP contribution is -2.04. The molecule has 0 aliphatic heterocycles. The number of nitrogens with zero attached hydrogens (tertiary/aromatic N) is 3. The molecule has 3 aromatic carbocycles. The summed E-state index contributed by atoms with van der Waals surface area (Å²) < 4.78 is 39.5. The van der Waals surface area contributed by atoms with Crippen LogP contribution < -0.4 is 5.32 Å². The first kappa shape index (κ1) is 21.2. The summed E-state index contributed by atoms with van der Waals surface area (Å²) in [6.45, 7) is 2.00. The third-order valence-corrected chi connectivity index (χ3v) is 5.78. The van der Waals surface area contributed by atoms with Crippen LogP contribution >= 0.6 is 11.6 Å². The monoisotopic (exact) mass is 467 g/mol. The number of H-pyrrole nitrogens is 1. The molecule has 166 valence electrons. The molecular weight excluding hydrogens is 451 g/mol. The molecule has 0 radical (unpaired) electrons. The van der Waals surface area contributed by atoms with Gasteiger partial charge in [-0.15, -0.1) is 0 Å². The van der Waals surface area contributed by atoms with Gasteiger partial charge in [-0.05, 0) is 53.9 Å². The molecule has 2 N–H and O–H groups in total.